The van der Waals surface area contributed by atoms with Gasteiger partial charge >= 0.3 is 0 Å². The van der Waals surface area contributed by atoms with E-state index in [1.807, 2.05) is 50.2 Å². The van der Waals surface area contributed by atoms with Crippen LogP contribution in [0.1, 0.15) is 11.1 Å². The van der Waals surface area contributed by atoms with E-state index in [9.17, 15) is 0 Å². The Morgan fingerprint density at radius 2 is 1.06 bits per heavy atom. The smallest absolute Gasteiger partial charge is 0.0514 e. The second-order valence-electron chi connectivity index (χ2n) is 3.87. The Labute approximate surface area is 106 Å². The summed E-state index contributed by atoms with van der Waals surface area (Å²) in [6.07, 6.45) is 0. The Morgan fingerprint density at radius 1 is 0.688 bits per heavy atom. The van der Waals surface area contributed by atoms with Gasteiger partial charge in [-0.25, -0.2) is 0 Å². The monoisotopic (exact) mass is 250 g/mol. The summed E-state index contributed by atoms with van der Waals surface area (Å²) < 4.78 is 0. The van der Waals surface area contributed by atoms with Gasteiger partial charge in [0.25, 0.3) is 0 Å². The van der Waals surface area contributed by atoms with E-state index in [0.29, 0.717) is 0 Å². The Kier molecular flexibility index (Phi) is 3.22. The van der Waals surface area contributed by atoms with Crippen LogP contribution in [-0.4, -0.2) is 0 Å². The quantitative estimate of drug-likeness (QED) is 0.647. The maximum Gasteiger partial charge on any atom is 0.0514 e. The van der Waals surface area contributed by atoms with Crippen LogP contribution in [0.3, 0.4) is 0 Å². The summed E-state index contributed by atoms with van der Waals surface area (Å²) >= 11 is 12.6. The van der Waals surface area contributed by atoms with E-state index in [4.69, 9.17) is 23.2 Å². The summed E-state index contributed by atoms with van der Waals surface area (Å²) in [6, 6.07) is 12.0. The lowest BCUT2D eigenvalue weighted by Gasteiger charge is -2.10. The van der Waals surface area contributed by atoms with Gasteiger partial charge in [-0.3, -0.25) is 0 Å². The van der Waals surface area contributed by atoms with Gasteiger partial charge in [-0.05, 0) is 25.0 Å². The lowest BCUT2D eigenvalue weighted by molar-refractivity contribution is 1.44. The number of aryl methyl sites for hydroxylation is 2. The van der Waals surface area contributed by atoms with Gasteiger partial charge in [-0.1, -0.05) is 59.6 Å². The molecule has 0 bridgehead atoms. The zero-order chi connectivity index (χ0) is 11.7. The molecule has 0 aliphatic rings. The first-order valence-corrected chi connectivity index (χ1v) is 5.87. The van der Waals surface area contributed by atoms with E-state index >= 15 is 0 Å². The lowest BCUT2D eigenvalue weighted by Crippen LogP contribution is -1.86. The number of benzene rings is 2. The van der Waals surface area contributed by atoms with Gasteiger partial charge < -0.3 is 0 Å². The third-order valence-electron chi connectivity index (χ3n) is 2.67. The normalized spacial score (nSPS) is 10.5. The van der Waals surface area contributed by atoms with Gasteiger partial charge in [0.15, 0.2) is 0 Å². The minimum absolute atomic E-state index is 0.773. The average Bonchev–Trinajstić information content (AvgIpc) is 2.27. The van der Waals surface area contributed by atoms with Crippen molar-refractivity contribution >= 4 is 23.2 Å². The second-order valence-corrected chi connectivity index (χ2v) is 4.63. The van der Waals surface area contributed by atoms with Crippen LogP contribution in [0.15, 0.2) is 36.4 Å². The molecule has 82 valence electrons. The lowest BCUT2D eigenvalue weighted by atomic mass is 10.0. The van der Waals surface area contributed by atoms with Crippen LogP contribution in [0.25, 0.3) is 11.1 Å². The molecule has 2 aromatic rings. The third-order valence-corrected chi connectivity index (χ3v) is 3.68. The first-order chi connectivity index (χ1) is 7.61. The third kappa shape index (κ3) is 1.95. The summed E-state index contributed by atoms with van der Waals surface area (Å²) in [5, 5.41) is 1.55. The van der Waals surface area contributed by atoms with Gasteiger partial charge in [0.2, 0.25) is 0 Å². The van der Waals surface area contributed by atoms with Gasteiger partial charge in [0.1, 0.15) is 0 Å². The zero-order valence-electron chi connectivity index (χ0n) is 9.22. The summed E-state index contributed by atoms with van der Waals surface area (Å²) in [5.41, 5.74) is 4.12. The summed E-state index contributed by atoms with van der Waals surface area (Å²) in [7, 11) is 0. The van der Waals surface area contributed by atoms with Gasteiger partial charge in [-0.2, -0.15) is 0 Å². The van der Waals surface area contributed by atoms with Gasteiger partial charge in [-0.15, -0.1) is 0 Å². The molecule has 0 amide bonds. The van der Waals surface area contributed by atoms with Crippen LogP contribution in [0, 0.1) is 13.8 Å². The minimum Gasteiger partial charge on any atom is -0.0834 e. The maximum atomic E-state index is 6.29. The number of hydrogen-bond acceptors (Lipinski definition) is 0. The molecule has 0 radical (unpaired) electrons. The standard InChI is InChI=1S/C14H12Cl2/c1-9-5-3-7-11(13(9)15)12-8-4-6-10(2)14(12)16/h3-8H,1-2H3. The highest BCUT2D eigenvalue weighted by molar-refractivity contribution is 6.37. The molecule has 0 nitrogen and oxygen atoms in total. The van der Waals surface area contributed by atoms with E-state index in [-0.39, 0.29) is 0 Å². The molecule has 0 unspecified atom stereocenters. The number of rotatable bonds is 1. The van der Waals surface area contributed by atoms with Crippen molar-refractivity contribution in [2.45, 2.75) is 13.8 Å². The van der Waals surface area contributed by atoms with Crippen LogP contribution >= 0.6 is 23.2 Å². The van der Waals surface area contributed by atoms with Crippen LogP contribution < -0.4 is 0 Å². The van der Waals surface area contributed by atoms with E-state index < -0.39 is 0 Å². The van der Waals surface area contributed by atoms with Crippen LogP contribution in [-0.2, 0) is 0 Å². The molecular weight excluding hydrogens is 239 g/mol. The summed E-state index contributed by atoms with van der Waals surface area (Å²) in [5.74, 6) is 0. The highest BCUT2D eigenvalue weighted by Crippen LogP contribution is 2.36. The first-order valence-electron chi connectivity index (χ1n) is 5.12. The molecule has 0 N–H and O–H groups in total. The van der Waals surface area contributed by atoms with Crippen molar-refractivity contribution < 1.29 is 0 Å². The Hall–Kier alpha value is -0.980. The fourth-order valence-corrected chi connectivity index (χ4v) is 2.17. The van der Waals surface area contributed by atoms with Gasteiger partial charge in [0, 0.05) is 11.1 Å². The van der Waals surface area contributed by atoms with Crippen molar-refractivity contribution in [3.05, 3.63) is 57.6 Å². The van der Waals surface area contributed by atoms with Crippen molar-refractivity contribution in [2.75, 3.05) is 0 Å². The molecule has 0 aliphatic heterocycles. The van der Waals surface area contributed by atoms with Crippen molar-refractivity contribution in [1.82, 2.24) is 0 Å². The molecule has 0 fully saturated rings. The Morgan fingerprint density at radius 3 is 1.44 bits per heavy atom. The number of halogens is 2. The molecule has 16 heavy (non-hydrogen) atoms. The first kappa shape index (κ1) is 11.5. The SMILES string of the molecule is Cc1cccc(-c2cccc(C)c2Cl)c1Cl. The predicted molar refractivity (Wildman–Crippen MR) is 71.4 cm³/mol. The molecular formula is C14H12Cl2. The molecule has 0 heterocycles. The maximum absolute atomic E-state index is 6.29. The van der Waals surface area contributed by atoms with Crippen molar-refractivity contribution in [3.8, 4) is 11.1 Å². The molecule has 0 saturated carbocycles. The van der Waals surface area contributed by atoms with Crippen molar-refractivity contribution in [2.24, 2.45) is 0 Å². The van der Waals surface area contributed by atoms with Crippen molar-refractivity contribution in [3.63, 3.8) is 0 Å². The number of hydrogen-bond donors (Lipinski definition) is 0. The van der Waals surface area contributed by atoms with Crippen LogP contribution in [0.2, 0.25) is 10.0 Å². The van der Waals surface area contributed by atoms with E-state index in [1.54, 1.807) is 0 Å². The minimum atomic E-state index is 0.773. The molecule has 0 aliphatic carbocycles. The highest BCUT2D eigenvalue weighted by atomic mass is 35.5. The zero-order valence-corrected chi connectivity index (χ0v) is 10.7. The highest BCUT2D eigenvalue weighted by Gasteiger charge is 2.09. The molecule has 0 saturated heterocycles. The summed E-state index contributed by atoms with van der Waals surface area (Å²) in [4.78, 5) is 0. The molecule has 2 aromatic carbocycles. The van der Waals surface area contributed by atoms with Crippen molar-refractivity contribution in [1.29, 1.82) is 0 Å². The van der Waals surface area contributed by atoms with E-state index in [2.05, 4.69) is 0 Å². The van der Waals surface area contributed by atoms with E-state index in [1.165, 1.54) is 0 Å². The Bertz CT molecular complexity index is 481. The molecule has 2 rings (SSSR count). The molecule has 0 atom stereocenters. The second kappa shape index (κ2) is 4.48. The predicted octanol–water partition coefficient (Wildman–Crippen LogP) is 5.28. The Balaban J connectivity index is 2.68. The molecule has 0 aromatic heterocycles. The fourth-order valence-electron chi connectivity index (χ4n) is 1.71. The van der Waals surface area contributed by atoms with Crippen LogP contribution in [0.4, 0.5) is 0 Å². The van der Waals surface area contributed by atoms with E-state index in [0.717, 1.165) is 32.3 Å². The average molecular weight is 251 g/mol. The van der Waals surface area contributed by atoms with Gasteiger partial charge in [0.05, 0.1) is 10.0 Å². The molecule has 0 spiro atoms. The van der Waals surface area contributed by atoms with Crippen LogP contribution in [0.5, 0.6) is 0 Å². The largest absolute Gasteiger partial charge is 0.0834 e. The fraction of sp³-hybridized carbons (Fsp3) is 0.143. The topological polar surface area (TPSA) is 0 Å². The molecule has 2 heteroatoms. The summed E-state index contributed by atoms with van der Waals surface area (Å²) in [6.45, 7) is 3.99.